The third kappa shape index (κ3) is 12.4. The van der Waals surface area contributed by atoms with Gasteiger partial charge in [-0.15, -0.1) is 0 Å². The maximum absolute atomic E-state index is 3.27. The molecule has 1 rings (SSSR count). The third-order valence-corrected chi connectivity index (χ3v) is 3.04. The summed E-state index contributed by atoms with van der Waals surface area (Å²) in [6.07, 6.45) is 1.38. The Morgan fingerprint density at radius 3 is 1.83 bits per heavy atom. The van der Waals surface area contributed by atoms with E-state index in [9.17, 15) is 0 Å². The molecule has 0 aromatic rings. The van der Waals surface area contributed by atoms with E-state index >= 15 is 0 Å². The summed E-state index contributed by atoms with van der Waals surface area (Å²) in [7, 11) is 0. The van der Waals surface area contributed by atoms with Crippen molar-refractivity contribution in [2.24, 2.45) is 11.8 Å². The van der Waals surface area contributed by atoms with Gasteiger partial charge in [-0.25, -0.2) is 0 Å². The van der Waals surface area contributed by atoms with Crippen molar-refractivity contribution in [3.63, 3.8) is 0 Å². The van der Waals surface area contributed by atoms with Gasteiger partial charge in [-0.1, -0.05) is 41.5 Å². The first-order valence-electron chi connectivity index (χ1n) is 7.92. The van der Waals surface area contributed by atoms with Crippen LogP contribution in [0.25, 0.3) is 0 Å². The number of rotatable bonds is 4. The van der Waals surface area contributed by atoms with Gasteiger partial charge in [0.25, 0.3) is 0 Å². The molecule has 0 radical (unpaired) electrons. The lowest BCUT2D eigenvalue weighted by atomic mass is 10.2. The first kappa shape index (κ1) is 20.2. The van der Waals surface area contributed by atoms with Gasteiger partial charge < -0.3 is 10.2 Å². The Kier molecular flexibility index (Phi) is 15.0. The predicted octanol–water partition coefficient (Wildman–Crippen LogP) is 4.01. The van der Waals surface area contributed by atoms with Crippen molar-refractivity contribution in [2.75, 3.05) is 26.2 Å². The predicted molar refractivity (Wildman–Crippen MR) is 85.2 cm³/mol. The van der Waals surface area contributed by atoms with Gasteiger partial charge in [-0.05, 0) is 51.7 Å². The Bertz CT molecular complexity index is 149. The molecule has 0 aliphatic carbocycles. The largest absolute Gasteiger partial charge is 0.316 e. The van der Waals surface area contributed by atoms with Gasteiger partial charge in [0.05, 0.1) is 0 Å². The van der Waals surface area contributed by atoms with Gasteiger partial charge in [-0.3, -0.25) is 0 Å². The minimum atomic E-state index is 0.701. The standard InChI is InChI=1S/C9H21N.C5H11N.C2H6/c1-6-10(9(4)5)7-8(2)3;1-5-2-3-6-4-5;1-2/h8-9H,6-7H2,1-5H3;5-6H,2-4H2,1H3;1-2H3/t;5-;/m.0./s1. The van der Waals surface area contributed by atoms with E-state index < -0.39 is 0 Å². The Morgan fingerprint density at radius 1 is 1.17 bits per heavy atom. The monoisotopic (exact) mass is 258 g/mol. The molecule has 1 atom stereocenters. The van der Waals surface area contributed by atoms with Crippen molar-refractivity contribution in [1.82, 2.24) is 10.2 Å². The number of nitrogens with zero attached hydrogens (tertiary/aromatic N) is 1. The van der Waals surface area contributed by atoms with Crippen LogP contribution in [0.4, 0.5) is 0 Å². The average Bonchev–Trinajstić information content (AvgIpc) is 2.80. The van der Waals surface area contributed by atoms with Gasteiger partial charge in [-0.2, -0.15) is 0 Å². The van der Waals surface area contributed by atoms with Crippen LogP contribution in [0.1, 0.15) is 61.8 Å². The first-order chi connectivity index (χ1) is 8.47. The van der Waals surface area contributed by atoms with E-state index in [4.69, 9.17) is 0 Å². The van der Waals surface area contributed by atoms with Crippen molar-refractivity contribution >= 4 is 0 Å². The highest BCUT2D eigenvalue weighted by Gasteiger charge is 2.07. The number of hydrogen-bond acceptors (Lipinski definition) is 2. The summed E-state index contributed by atoms with van der Waals surface area (Å²) >= 11 is 0. The van der Waals surface area contributed by atoms with E-state index in [1.807, 2.05) is 13.8 Å². The lowest BCUT2D eigenvalue weighted by Gasteiger charge is -2.26. The molecule has 0 spiro atoms. The fraction of sp³-hybridized carbons (Fsp3) is 1.00. The zero-order valence-electron chi connectivity index (χ0n) is 14.2. The molecule has 2 nitrogen and oxygen atoms in total. The van der Waals surface area contributed by atoms with E-state index in [0.29, 0.717) is 6.04 Å². The molecule has 0 aromatic heterocycles. The fourth-order valence-electron chi connectivity index (χ4n) is 1.97. The number of nitrogens with one attached hydrogen (secondary N) is 1. The van der Waals surface area contributed by atoms with Gasteiger partial charge >= 0.3 is 0 Å². The van der Waals surface area contributed by atoms with Crippen LogP contribution in [0.5, 0.6) is 0 Å². The Hall–Kier alpha value is -0.0800. The van der Waals surface area contributed by atoms with Crippen molar-refractivity contribution in [1.29, 1.82) is 0 Å². The summed E-state index contributed by atoms with van der Waals surface area (Å²) in [4.78, 5) is 2.49. The quantitative estimate of drug-likeness (QED) is 0.819. The zero-order chi connectivity index (χ0) is 14.6. The smallest absolute Gasteiger partial charge is 0.00385 e. The molecule has 112 valence electrons. The van der Waals surface area contributed by atoms with Crippen molar-refractivity contribution in [2.45, 2.75) is 67.9 Å². The molecule has 1 aliphatic rings. The third-order valence-electron chi connectivity index (χ3n) is 3.04. The highest BCUT2D eigenvalue weighted by atomic mass is 15.1. The molecule has 18 heavy (non-hydrogen) atoms. The zero-order valence-corrected chi connectivity index (χ0v) is 14.2. The van der Waals surface area contributed by atoms with Gasteiger partial charge in [0.1, 0.15) is 0 Å². The topological polar surface area (TPSA) is 15.3 Å². The van der Waals surface area contributed by atoms with Crippen LogP contribution in [-0.2, 0) is 0 Å². The molecule has 1 heterocycles. The molecule has 0 bridgehead atoms. The van der Waals surface area contributed by atoms with E-state index in [-0.39, 0.29) is 0 Å². The maximum Gasteiger partial charge on any atom is 0.00385 e. The van der Waals surface area contributed by atoms with Crippen LogP contribution in [0.2, 0.25) is 0 Å². The SMILES string of the molecule is CC.CCN(CC(C)C)C(C)C.C[C@H]1CCNC1. The molecule has 1 saturated heterocycles. The van der Waals surface area contributed by atoms with E-state index in [1.165, 1.54) is 32.6 Å². The minimum Gasteiger partial charge on any atom is -0.316 e. The summed E-state index contributed by atoms with van der Waals surface area (Å²) in [6.45, 7) is 22.4. The molecule has 0 amide bonds. The van der Waals surface area contributed by atoms with Gasteiger partial charge in [0, 0.05) is 12.6 Å². The molecule has 0 unspecified atom stereocenters. The summed E-state index contributed by atoms with van der Waals surface area (Å²) < 4.78 is 0. The summed E-state index contributed by atoms with van der Waals surface area (Å²) in [6, 6.07) is 0.701. The molecule has 0 saturated carbocycles. The van der Waals surface area contributed by atoms with Crippen LogP contribution >= 0.6 is 0 Å². The van der Waals surface area contributed by atoms with Crippen LogP contribution in [-0.4, -0.2) is 37.1 Å². The molecule has 1 fully saturated rings. The van der Waals surface area contributed by atoms with Crippen LogP contribution < -0.4 is 5.32 Å². The molecule has 0 aromatic carbocycles. The molecular weight excluding hydrogens is 220 g/mol. The summed E-state index contributed by atoms with van der Waals surface area (Å²) in [5.74, 6) is 1.73. The summed E-state index contributed by atoms with van der Waals surface area (Å²) in [5.41, 5.74) is 0. The normalized spacial score (nSPS) is 18.5. The van der Waals surface area contributed by atoms with E-state index in [2.05, 4.69) is 51.8 Å². The van der Waals surface area contributed by atoms with Crippen molar-refractivity contribution in [3.8, 4) is 0 Å². The average molecular weight is 258 g/mol. The van der Waals surface area contributed by atoms with Crippen LogP contribution in [0, 0.1) is 11.8 Å². The maximum atomic E-state index is 3.27. The highest BCUT2D eigenvalue weighted by Crippen LogP contribution is 2.03. The molecular formula is C16H38N2. The first-order valence-corrected chi connectivity index (χ1v) is 7.92. The van der Waals surface area contributed by atoms with E-state index in [0.717, 1.165) is 11.8 Å². The second kappa shape index (κ2) is 13.4. The van der Waals surface area contributed by atoms with Crippen LogP contribution in [0.15, 0.2) is 0 Å². The lowest BCUT2D eigenvalue weighted by molar-refractivity contribution is 0.208. The second-order valence-corrected chi connectivity index (χ2v) is 5.67. The lowest BCUT2D eigenvalue weighted by Crippen LogP contribution is -2.33. The molecule has 1 N–H and O–H groups in total. The Labute approximate surface area is 117 Å². The van der Waals surface area contributed by atoms with Gasteiger partial charge in [0.15, 0.2) is 0 Å². The highest BCUT2D eigenvalue weighted by molar-refractivity contribution is 4.65. The second-order valence-electron chi connectivity index (χ2n) is 5.67. The molecule has 1 aliphatic heterocycles. The minimum absolute atomic E-state index is 0.701. The van der Waals surface area contributed by atoms with Crippen molar-refractivity contribution < 1.29 is 0 Å². The Balaban J connectivity index is 0. The number of hydrogen-bond donors (Lipinski definition) is 1. The van der Waals surface area contributed by atoms with Crippen molar-refractivity contribution in [3.05, 3.63) is 0 Å². The van der Waals surface area contributed by atoms with Gasteiger partial charge in [0.2, 0.25) is 0 Å². The van der Waals surface area contributed by atoms with E-state index in [1.54, 1.807) is 0 Å². The Morgan fingerprint density at radius 2 is 1.72 bits per heavy atom. The van der Waals surface area contributed by atoms with Crippen LogP contribution in [0.3, 0.4) is 0 Å². The fourth-order valence-corrected chi connectivity index (χ4v) is 1.97. The summed E-state index contributed by atoms with van der Waals surface area (Å²) in [5, 5.41) is 3.27. The molecule has 2 heteroatoms.